The van der Waals surface area contributed by atoms with Gasteiger partial charge < -0.3 is 11.3 Å². The van der Waals surface area contributed by atoms with E-state index in [0.717, 1.165) is 23.1 Å². The van der Waals surface area contributed by atoms with Crippen LogP contribution in [0.3, 0.4) is 0 Å². The van der Waals surface area contributed by atoms with Crippen molar-refractivity contribution in [2.45, 2.75) is 37.4 Å². The minimum Gasteiger partial charge on any atom is -0.515 e. The van der Waals surface area contributed by atoms with Crippen LogP contribution in [0, 0.1) is 12.5 Å². The summed E-state index contributed by atoms with van der Waals surface area (Å²) in [4.78, 5) is 0. The summed E-state index contributed by atoms with van der Waals surface area (Å²) in [6, 6.07) is 31.5. The van der Waals surface area contributed by atoms with E-state index in [-0.39, 0.29) is 25.0 Å². The van der Waals surface area contributed by atoms with Gasteiger partial charge in [0.25, 0.3) is 0 Å². The van der Waals surface area contributed by atoms with Gasteiger partial charge in [0.1, 0.15) is 5.60 Å². The Bertz CT molecular complexity index is 853. The normalized spacial score (nSPS) is 16.8. The van der Waals surface area contributed by atoms with Crippen LogP contribution in [0.2, 0.25) is 0 Å². The van der Waals surface area contributed by atoms with E-state index < -0.39 is 5.60 Å². The van der Waals surface area contributed by atoms with Crippen LogP contribution in [-0.4, -0.2) is 6.10 Å². The molecule has 0 saturated carbocycles. The Morgan fingerprint density at radius 3 is 1.71 bits per heavy atom. The van der Waals surface area contributed by atoms with Gasteiger partial charge in [-0.15, -0.1) is 0 Å². The van der Waals surface area contributed by atoms with Gasteiger partial charge >= 0.3 is 18.9 Å². The molecule has 3 aromatic carbocycles. The second-order valence-corrected chi connectivity index (χ2v) is 7.98. The summed E-state index contributed by atoms with van der Waals surface area (Å²) in [6.07, 6.45) is 10.7. The van der Waals surface area contributed by atoms with Crippen molar-refractivity contribution in [2.75, 3.05) is 0 Å². The maximum atomic E-state index is 7.03. The predicted octanol–water partition coefficient (Wildman–Crippen LogP) is 4.10. The first-order valence-electron chi connectivity index (χ1n) is 10.9. The van der Waals surface area contributed by atoms with E-state index in [2.05, 4.69) is 84.9 Å². The molecule has 0 amide bonds. The molecule has 0 spiro atoms. The Morgan fingerprint density at radius 2 is 1.32 bits per heavy atom. The van der Waals surface area contributed by atoms with E-state index in [0.29, 0.717) is 5.92 Å². The van der Waals surface area contributed by atoms with Crippen LogP contribution in [0.25, 0.3) is 0 Å². The van der Waals surface area contributed by atoms with Gasteiger partial charge in [0.05, 0.1) is 0 Å². The second kappa shape index (κ2) is 11.4. The van der Waals surface area contributed by atoms with E-state index in [4.69, 9.17) is 11.3 Å². The average molecular weight is 400 g/mol. The maximum Gasteiger partial charge on any atom is 1.00 e. The van der Waals surface area contributed by atoms with Gasteiger partial charge in [-0.1, -0.05) is 103 Å². The number of hydrogen-bond acceptors (Lipinski definition) is 1. The molecule has 2 atom stereocenters. The van der Waals surface area contributed by atoms with Crippen molar-refractivity contribution in [1.82, 2.24) is 0 Å². The molecule has 0 aliphatic heterocycles. The summed E-state index contributed by atoms with van der Waals surface area (Å²) >= 11 is 0. The van der Waals surface area contributed by atoms with E-state index in [9.17, 15) is 0 Å². The predicted molar refractivity (Wildman–Crippen MR) is 124 cm³/mol. The fraction of sp³-hybridized carbons (Fsp3) is 0.241. The van der Waals surface area contributed by atoms with E-state index in [1.54, 1.807) is 6.08 Å². The van der Waals surface area contributed by atoms with Crippen molar-refractivity contribution in [3.05, 3.63) is 132 Å². The molecular formula is C29H29LiO. The Kier molecular flexibility index (Phi) is 8.56. The summed E-state index contributed by atoms with van der Waals surface area (Å²) in [7, 11) is 0. The van der Waals surface area contributed by atoms with E-state index >= 15 is 0 Å². The third-order valence-corrected chi connectivity index (χ3v) is 5.97. The zero-order valence-electron chi connectivity index (χ0n) is 18.4. The van der Waals surface area contributed by atoms with Gasteiger partial charge in [-0.3, -0.25) is 0 Å². The molecule has 0 aromatic heterocycles. The zero-order chi connectivity index (χ0) is 20.7. The molecule has 0 bridgehead atoms. The molecule has 152 valence electrons. The molecule has 1 aliphatic carbocycles. The van der Waals surface area contributed by atoms with Gasteiger partial charge in [-0.2, -0.15) is 0 Å². The SMILES string of the molecule is [CH-]=CC(CC1C=CCCC1)OC(c1ccccc1)(c1ccccc1)c1ccccc1.[Li+]. The largest absolute Gasteiger partial charge is 1.00 e. The first-order chi connectivity index (χ1) is 14.8. The Labute approximate surface area is 199 Å². The molecule has 4 rings (SSSR count). The van der Waals surface area contributed by atoms with Crippen LogP contribution in [0.4, 0.5) is 0 Å². The van der Waals surface area contributed by atoms with Crippen LogP contribution >= 0.6 is 0 Å². The van der Waals surface area contributed by atoms with Crippen molar-refractivity contribution in [1.29, 1.82) is 0 Å². The van der Waals surface area contributed by atoms with Gasteiger partial charge in [0.15, 0.2) is 0 Å². The summed E-state index contributed by atoms with van der Waals surface area (Å²) in [5.74, 6) is 0.503. The van der Waals surface area contributed by atoms with Crippen LogP contribution in [0.5, 0.6) is 0 Å². The van der Waals surface area contributed by atoms with Crippen molar-refractivity contribution < 1.29 is 23.6 Å². The molecule has 0 heterocycles. The fourth-order valence-electron chi connectivity index (χ4n) is 4.49. The van der Waals surface area contributed by atoms with Gasteiger partial charge in [-0.05, 0) is 48.3 Å². The van der Waals surface area contributed by atoms with Crippen molar-refractivity contribution >= 4 is 0 Å². The fourth-order valence-corrected chi connectivity index (χ4v) is 4.49. The summed E-state index contributed by atoms with van der Waals surface area (Å²) in [5, 5.41) is 0. The molecule has 2 heteroatoms. The Balaban J connectivity index is 0.00000272. The van der Waals surface area contributed by atoms with Crippen LogP contribution in [-0.2, 0) is 10.3 Å². The molecule has 0 radical (unpaired) electrons. The second-order valence-electron chi connectivity index (χ2n) is 7.98. The summed E-state index contributed by atoms with van der Waals surface area (Å²) in [5.41, 5.74) is 2.58. The minimum atomic E-state index is -0.733. The molecule has 2 unspecified atom stereocenters. The number of hydrogen-bond donors (Lipinski definition) is 0. The third-order valence-electron chi connectivity index (χ3n) is 5.97. The van der Waals surface area contributed by atoms with Crippen molar-refractivity contribution in [2.24, 2.45) is 5.92 Å². The van der Waals surface area contributed by atoms with Crippen molar-refractivity contribution in [3.63, 3.8) is 0 Å². The first-order valence-corrected chi connectivity index (χ1v) is 10.9. The zero-order valence-corrected chi connectivity index (χ0v) is 18.4. The number of ether oxygens (including phenoxy) is 1. The minimum absolute atomic E-state index is 0. The molecular weight excluding hydrogens is 371 g/mol. The standard InChI is InChI=1S/C29H29O.Li/c1-2-28(23-24-15-7-3-8-16-24)30-29(25-17-9-4-10-18-25,26-19-11-5-12-20-26)27-21-13-6-14-22-27;/h1-2,4-7,9-15,17-22,24,28H,3,8,16,23H2;/q-1;+1. The quantitative estimate of drug-likeness (QED) is 0.239. The van der Waals surface area contributed by atoms with Crippen LogP contribution in [0.15, 0.2) is 109 Å². The summed E-state index contributed by atoms with van der Waals surface area (Å²) < 4.78 is 7.03. The van der Waals surface area contributed by atoms with E-state index in [1.807, 2.05) is 18.2 Å². The van der Waals surface area contributed by atoms with E-state index in [1.165, 1.54) is 19.3 Å². The number of benzene rings is 3. The molecule has 3 aromatic rings. The Hall–Kier alpha value is -2.30. The van der Waals surface area contributed by atoms with Gasteiger partial charge in [0, 0.05) is 6.10 Å². The monoisotopic (exact) mass is 400 g/mol. The van der Waals surface area contributed by atoms with Gasteiger partial charge in [-0.25, -0.2) is 6.08 Å². The molecule has 0 saturated heterocycles. The van der Waals surface area contributed by atoms with Gasteiger partial charge in [0.2, 0.25) is 0 Å². The molecule has 0 fully saturated rings. The Morgan fingerprint density at radius 1 is 0.839 bits per heavy atom. The maximum absolute atomic E-state index is 7.03. The van der Waals surface area contributed by atoms with Crippen molar-refractivity contribution in [3.8, 4) is 0 Å². The smallest absolute Gasteiger partial charge is 0.515 e. The van der Waals surface area contributed by atoms with Crippen LogP contribution in [0.1, 0.15) is 42.4 Å². The molecule has 0 N–H and O–H groups in total. The molecule has 1 aliphatic rings. The number of allylic oxidation sites excluding steroid dienone is 2. The summed E-state index contributed by atoms with van der Waals surface area (Å²) in [6.45, 7) is 6.16. The topological polar surface area (TPSA) is 9.23 Å². The number of rotatable bonds is 8. The molecule has 31 heavy (non-hydrogen) atoms. The molecule has 1 nitrogen and oxygen atoms in total. The first kappa shape index (κ1) is 23.4. The van der Waals surface area contributed by atoms with Crippen LogP contribution < -0.4 is 18.9 Å². The average Bonchev–Trinajstić information content (AvgIpc) is 2.84. The third kappa shape index (κ3) is 5.31.